The molecule has 2 nitrogen and oxygen atoms in total. The number of rotatable bonds is 6. The molecule has 21 heavy (non-hydrogen) atoms. The van der Waals surface area contributed by atoms with Crippen molar-refractivity contribution in [1.82, 2.24) is 10.3 Å². The molecule has 2 aromatic rings. The molecule has 0 spiro atoms. The minimum absolute atomic E-state index is 0.0623. The summed E-state index contributed by atoms with van der Waals surface area (Å²) < 4.78 is 39.4. The van der Waals surface area contributed by atoms with Crippen LogP contribution >= 0.6 is 11.3 Å². The van der Waals surface area contributed by atoms with Crippen LogP contribution in [0.4, 0.5) is 13.2 Å². The SMILES string of the molecule is CC(CNC(Cc1ccncc1)C(F)(F)F)c1cccs1. The molecule has 114 valence electrons. The molecule has 0 aliphatic carbocycles. The number of hydrogen-bond donors (Lipinski definition) is 1. The maximum Gasteiger partial charge on any atom is 0.404 e. The maximum atomic E-state index is 13.1. The first-order valence-electron chi connectivity index (χ1n) is 6.69. The van der Waals surface area contributed by atoms with Crippen LogP contribution < -0.4 is 5.32 Å². The lowest BCUT2D eigenvalue weighted by atomic mass is 10.1. The Labute approximate surface area is 126 Å². The minimum atomic E-state index is -4.27. The van der Waals surface area contributed by atoms with Gasteiger partial charge < -0.3 is 5.32 Å². The molecule has 2 heterocycles. The van der Waals surface area contributed by atoms with E-state index in [-0.39, 0.29) is 12.3 Å². The van der Waals surface area contributed by atoms with Gasteiger partial charge in [0.2, 0.25) is 0 Å². The third kappa shape index (κ3) is 4.82. The summed E-state index contributed by atoms with van der Waals surface area (Å²) in [7, 11) is 0. The van der Waals surface area contributed by atoms with Crippen molar-refractivity contribution in [3.8, 4) is 0 Å². The van der Waals surface area contributed by atoms with Crippen molar-refractivity contribution in [1.29, 1.82) is 0 Å². The number of nitrogens with zero attached hydrogens (tertiary/aromatic N) is 1. The molecule has 0 radical (unpaired) electrons. The van der Waals surface area contributed by atoms with E-state index in [1.54, 1.807) is 23.5 Å². The molecule has 0 aliphatic rings. The highest BCUT2D eigenvalue weighted by Gasteiger charge is 2.39. The number of alkyl halides is 3. The largest absolute Gasteiger partial charge is 0.404 e. The molecule has 6 heteroatoms. The molecule has 0 aliphatic heterocycles. The molecule has 0 saturated heterocycles. The van der Waals surface area contributed by atoms with Gasteiger partial charge >= 0.3 is 6.18 Å². The van der Waals surface area contributed by atoms with Gasteiger partial charge in [0, 0.05) is 29.7 Å². The van der Waals surface area contributed by atoms with Crippen LogP contribution in [0.15, 0.2) is 42.0 Å². The quantitative estimate of drug-likeness (QED) is 0.871. The molecule has 0 aromatic carbocycles. The predicted molar refractivity (Wildman–Crippen MR) is 78.5 cm³/mol. The van der Waals surface area contributed by atoms with E-state index in [4.69, 9.17) is 0 Å². The van der Waals surface area contributed by atoms with Crippen molar-refractivity contribution < 1.29 is 13.2 Å². The summed E-state index contributed by atoms with van der Waals surface area (Å²) in [6.45, 7) is 2.23. The van der Waals surface area contributed by atoms with Gasteiger partial charge in [-0.25, -0.2) is 0 Å². The van der Waals surface area contributed by atoms with Gasteiger partial charge in [0.25, 0.3) is 0 Å². The standard InChI is InChI=1S/C15H17F3N2S/c1-11(13-3-2-8-21-13)10-20-14(15(16,17)18)9-12-4-6-19-7-5-12/h2-8,11,14,20H,9-10H2,1H3. The number of nitrogens with one attached hydrogen (secondary N) is 1. The van der Waals surface area contributed by atoms with E-state index in [1.807, 2.05) is 24.4 Å². The highest BCUT2D eigenvalue weighted by molar-refractivity contribution is 7.10. The third-order valence-corrected chi connectivity index (χ3v) is 4.39. The van der Waals surface area contributed by atoms with E-state index in [9.17, 15) is 13.2 Å². The fraction of sp³-hybridized carbons (Fsp3) is 0.400. The van der Waals surface area contributed by atoms with Crippen LogP contribution in [0.25, 0.3) is 0 Å². The molecule has 0 fully saturated rings. The molecule has 1 N–H and O–H groups in total. The van der Waals surface area contributed by atoms with E-state index in [0.717, 1.165) is 4.88 Å². The Balaban J connectivity index is 1.97. The van der Waals surface area contributed by atoms with Gasteiger partial charge in [0.05, 0.1) is 0 Å². The van der Waals surface area contributed by atoms with Crippen LogP contribution in [-0.4, -0.2) is 23.7 Å². The first kappa shape index (κ1) is 16.0. The van der Waals surface area contributed by atoms with Crippen LogP contribution in [0.5, 0.6) is 0 Å². The second-order valence-corrected chi connectivity index (χ2v) is 5.96. The summed E-state index contributed by atoms with van der Waals surface area (Å²) in [4.78, 5) is 4.91. The topological polar surface area (TPSA) is 24.9 Å². The number of pyridine rings is 1. The van der Waals surface area contributed by atoms with Gasteiger partial charge in [0.1, 0.15) is 6.04 Å². The zero-order valence-electron chi connectivity index (χ0n) is 11.6. The van der Waals surface area contributed by atoms with Crippen LogP contribution in [-0.2, 0) is 6.42 Å². The zero-order valence-corrected chi connectivity index (χ0v) is 12.4. The predicted octanol–water partition coefficient (Wildman–Crippen LogP) is 4.01. The van der Waals surface area contributed by atoms with E-state index >= 15 is 0 Å². The van der Waals surface area contributed by atoms with Gasteiger partial charge in [-0.2, -0.15) is 13.2 Å². The second-order valence-electron chi connectivity index (χ2n) is 4.98. The first-order chi connectivity index (χ1) is 9.97. The van der Waals surface area contributed by atoms with Crippen LogP contribution in [0.2, 0.25) is 0 Å². The van der Waals surface area contributed by atoms with Crippen molar-refractivity contribution >= 4 is 11.3 Å². The smallest absolute Gasteiger partial charge is 0.305 e. The monoisotopic (exact) mass is 314 g/mol. The molecular formula is C15H17F3N2S. The summed E-state index contributed by atoms with van der Waals surface area (Å²) in [6.07, 6.45) is -1.32. The van der Waals surface area contributed by atoms with Crippen LogP contribution in [0, 0.1) is 0 Å². The molecule has 0 saturated carbocycles. The van der Waals surface area contributed by atoms with Crippen molar-refractivity contribution in [2.24, 2.45) is 0 Å². The average Bonchev–Trinajstić information content (AvgIpc) is 2.97. The Hall–Kier alpha value is -1.40. The number of thiophene rings is 1. The van der Waals surface area contributed by atoms with Gasteiger partial charge in [-0.3, -0.25) is 4.98 Å². The van der Waals surface area contributed by atoms with Crippen LogP contribution in [0.3, 0.4) is 0 Å². The third-order valence-electron chi connectivity index (χ3n) is 3.28. The minimum Gasteiger partial charge on any atom is -0.305 e. The Morgan fingerprint density at radius 1 is 1.24 bits per heavy atom. The van der Waals surface area contributed by atoms with E-state index in [1.165, 1.54) is 12.4 Å². The number of hydrogen-bond acceptors (Lipinski definition) is 3. The second kappa shape index (κ2) is 7.04. The van der Waals surface area contributed by atoms with E-state index < -0.39 is 12.2 Å². The lowest BCUT2D eigenvalue weighted by Crippen LogP contribution is -2.45. The molecule has 2 aromatic heterocycles. The highest BCUT2D eigenvalue weighted by Crippen LogP contribution is 2.25. The number of halogens is 3. The lowest BCUT2D eigenvalue weighted by molar-refractivity contribution is -0.155. The summed E-state index contributed by atoms with van der Waals surface area (Å²) in [5.41, 5.74) is 0.628. The molecule has 2 rings (SSSR count). The van der Waals surface area contributed by atoms with Crippen LogP contribution in [0.1, 0.15) is 23.3 Å². The molecule has 2 atom stereocenters. The summed E-state index contributed by atoms with van der Waals surface area (Å²) in [5.74, 6) is 0.0623. The van der Waals surface area contributed by atoms with Gasteiger partial charge in [-0.1, -0.05) is 13.0 Å². The van der Waals surface area contributed by atoms with E-state index in [2.05, 4.69) is 10.3 Å². The zero-order chi connectivity index (χ0) is 15.3. The molecular weight excluding hydrogens is 297 g/mol. The number of aromatic nitrogens is 1. The van der Waals surface area contributed by atoms with Gasteiger partial charge in [-0.05, 0) is 35.6 Å². The first-order valence-corrected chi connectivity index (χ1v) is 7.57. The van der Waals surface area contributed by atoms with Crippen molar-refractivity contribution in [2.45, 2.75) is 31.5 Å². The fourth-order valence-electron chi connectivity index (χ4n) is 2.05. The highest BCUT2D eigenvalue weighted by atomic mass is 32.1. The lowest BCUT2D eigenvalue weighted by Gasteiger charge is -2.23. The van der Waals surface area contributed by atoms with Crippen molar-refractivity contribution in [3.05, 3.63) is 52.5 Å². The van der Waals surface area contributed by atoms with Gasteiger partial charge in [0.15, 0.2) is 0 Å². The Morgan fingerprint density at radius 3 is 2.52 bits per heavy atom. The fourth-order valence-corrected chi connectivity index (χ4v) is 2.84. The Bertz CT molecular complexity index is 526. The van der Waals surface area contributed by atoms with Gasteiger partial charge in [-0.15, -0.1) is 11.3 Å². The average molecular weight is 314 g/mol. The molecule has 2 unspecified atom stereocenters. The summed E-state index contributed by atoms with van der Waals surface area (Å²) >= 11 is 1.56. The normalized spacial score (nSPS) is 14.9. The van der Waals surface area contributed by atoms with E-state index in [0.29, 0.717) is 12.1 Å². The molecule has 0 amide bonds. The van der Waals surface area contributed by atoms with Crippen molar-refractivity contribution in [2.75, 3.05) is 6.54 Å². The molecule has 0 bridgehead atoms. The Kier molecular flexibility index (Phi) is 5.36. The summed E-state index contributed by atoms with van der Waals surface area (Å²) in [6, 6.07) is 5.55. The Morgan fingerprint density at radius 2 is 1.95 bits per heavy atom. The van der Waals surface area contributed by atoms with Crippen molar-refractivity contribution in [3.63, 3.8) is 0 Å². The maximum absolute atomic E-state index is 13.1. The summed E-state index contributed by atoms with van der Waals surface area (Å²) in [5, 5.41) is 4.59.